The number of fused-ring (bicyclic) bond motifs is 1. The van der Waals surface area contributed by atoms with Gasteiger partial charge in [-0.1, -0.05) is 5.21 Å². The normalized spacial score (nSPS) is 14.3. The van der Waals surface area contributed by atoms with E-state index in [0.717, 1.165) is 29.3 Å². The molecule has 1 aromatic heterocycles. The maximum absolute atomic E-state index is 5.70. The van der Waals surface area contributed by atoms with Crippen molar-refractivity contribution in [2.24, 2.45) is 0 Å². The summed E-state index contributed by atoms with van der Waals surface area (Å²) < 4.78 is 12.9. The molecule has 94 valence electrons. The van der Waals surface area contributed by atoms with Crippen molar-refractivity contribution in [1.29, 1.82) is 0 Å². The van der Waals surface area contributed by atoms with Crippen molar-refractivity contribution < 1.29 is 9.47 Å². The van der Waals surface area contributed by atoms with Gasteiger partial charge in [-0.05, 0) is 12.1 Å². The minimum Gasteiger partial charge on any atom is -0.490 e. The van der Waals surface area contributed by atoms with Crippen LogP contribution in [-0.4, -0.2) is 28.2 Å². The molecule has 0 amide bonds. The van der Waals surface area contributed by atoms with E-state index < -0.39 is 0 Å². The molecule has 0 N–H and O–H groups in total. The highest BCUT2D eigenvalue weighted by molar-refractivity contribution is 6.16. The SMILES string of the molecule is ClCc1cn(-c2ccc3c(c2)OCCCO3)nn1. The van der Waals surface area contributed by atoms with E-state index in [2.05, 4.69) is 10.3 Å². The average Bonchev–Trinajstić information content (AvgIpc) is 2.76. The standard InChI is InChI=1S/C12H12ClN3O2/c13-7-9-8-16(15-14-9)10-2-3-11-12(6-10)18-5-1-4-17-11/h2-3,6,8H,1,4-5,7H2. The minimum absolute atomic E-state index is 0.352. The van der Waals surface area contributed by atoms with Crippen LogP contribution in [0.25, 0.3) is 5.69 Å². The molecule has 0 fully saturated rings. The van der Waals surface area contributed by atoms with Crippen LogP contribution in [0.1, 0.15) is 12.1 Å². The topological polar surface area (TPSA) is 49.2 Å². The van der Waals surface area contributed by atoms with Gasteiger partial charge in [0.15, 0.2) is 11.5 Å². The number of nitrogens with zero attached hydrogens (tertiary/aromatic N) is 3. The molecular weight excluding hydrogens is 254 g/mol. The maximum atomic E-state index is 5.70. The van der Waals surface area contributed by atoms with Crippen LogP contribution in [0.4, 0.5) is 0 Å². The van der Waals surface area contributed by atoms with E-state index in [-0.39, 0.29) is 0 Å². The first kappa shape index (κ1) is 11.3. The zero-order valence-electron chi connectivity index (χ0n) is 9.67. The Labute approximate surface area is 109 Å². The van der Waals surface area contributed by atoms with Crippen LogP contribution in [-0.2, 0) is 5.88 Å². The Hall–Kier alpha value is -1.75. The largest absolute Gasteiger partial charge is 0.490 e. The number of hydrogen-bond donors (Lipinski definition) is 0. The van der Waals surface area contributed by atoms with Gasteiger partial charge >= 0.3 is 0 Å². The maximum Gasteiger partial charge on any atom is 0.163 e. The Balaban J connectivity index is 1.95. The van der Waals surface area contributed by atoms with Gasteiger partial charge in [0.05, 0.1) is 36.7 Å². The minimum atomic E-state index is 0.352. The van der Waals surface area contributed by atoms with Crippen LogP contribution in [0.3, 0.4) is 0 Å². The molecule has 18 heavy (non-hydrogen) atoms. The lowest BCUT2D eigenvalue weighted by Gasteiger charge is -2.08. The molecule has 3 rings (SSSR count). The predicted molar refractivity (Wildman–Crippen MR) is 66.5 cm³/mol. The first-order valence-electron chi connectivity index (χ1n) is 5.74. The second-order valence-electron chi connectivity index (χ2n) is 3.97. The van der Waals surface area contributed by atoms with Crippen LogP contribution >= 0.6 is 11.6 Å². The first-order valence-corrected chi connectivity index (χ1v) is 6.27. The molecule has 0 bridgehead atoms. The zero-order valence-corrected chi connectivity index (χ0v) is 10.4. The highest BCUT2D eigenvalue weighted by Crippen LogP contribution is 2.31. The van der Waals surface area contributed by atoms with Crippen LogP contribution in [0, 0.1) is 0 Å². The second-order valence-corrected chi connectivity index (χ2v) is 4.24. The fraction of sp³-hybridized carbons (Fsp3) is 0.333. The van der Waals surface area contributed by atoms with Crippen molar-refractivity contribution in [3.05, 3.63) is 30.1 Å². The van der Waals surface area contributed by atoms with Gasteiger partial charge in [0.2, 0.25) is 0 Å². The molecule has 1 aromatic carbocycles. The van der Waals surface area contributed by atoms with Gasteiger partial charge in [0.1, 0.15) is 0 Å². The molecule has 0 saturated heterocycles. The molecule has 2 heterocycles. The molecule has 0 radical (unpaired) electrons. The van der Waals surface area contributed by atoms with Gasteiger partial charge in [0, 0.05) is 12.5 Å². The number of benzene rings is 1. The van der Waals surface area contributed by atoms with E-state index in [0.29, 0.717) is 19.1 Å². The predicted octanol–water partition coefficient (Wildman–Crippen LogP) is 2.17. The van der Waals surface area contributed by atoms with Crippen LogP contribution < -0.4 is 9.47 Å². The number of ether oxygens (including phenoxy) is 2. The van der Waals surface area contributed by atoms with E-state index >= 15 is 0 Å². The van der Waals surface area contributed by atoms with Gasteiger partial charge in [-0.15, -0.1) is 16.7 Å². The molecule has 2 aromatic rings. The van der Waals surface area contributed by atoms with Gasteiger partial charge in [-0.25, -0.2) is 4.68 Å². The third-order valence-corrected chi connectivity index (χ3v) is 2.95. The first-order chi connectivity index (χ1) is 8.86. The van der Waals surface area contributed by atoms with E-state index in [1.165, 1.54) is 0 Å². The van der Waals surface area contributed by atoms with Crippen LogP contribution in [0.5, 0.6) is 11.5 Å². The second kappa shape index (κ2) is 4.86. The molecule has 0 spiro atoms. The van der Waals surface area contributed by atoms with E-state index in [4.69, 9.17) is 21.1 Å². The lowest BCUT2D eigenvalue weighted by atomic mass is 10.3. The number of hydrogen-bond acceptors (Lipinski definition) is 4. The molecule has 6 heteroatoms. The van der Waals surface area contributed by atoms with Gasteiger partial charge < -0.3 is 9.47 Å². The summed E-state index contributed by atoms with van der Waals surface area (Å²) in [5, 5.41) is 7.97. The molecule has 1 aliphatic rings. The van der Waals surface area contributed by atoms with Crippen molar-refractivity contribution >= 4 is 11.6 Å². The quantitative estimate of drug-likeness (QED) is 0.781. The van der Waals surface area contributed by atoms with Crippen molar-refractivity contribution in [1.82, 2.24) is 15.0 Å². The Morgan fingerprint density at radius 2 is 2.06 bits per heavy atom. The van der Waals surface area contributed by atoms with E-state index in [9.17, 15) is 0 Å². The molecular formula is C12H12ClN3O2. The fourth-order valence-corrected chi connectivity index (χ4v) is 1.90. The van der Waals surface area contributed by atoms with Gasteiger partial charge in [0.25, 0.3) is 0 Å². The van der Waals surface area contributed by atoms with Crippen molar-refractivity contribution in [3.8, 4) is 17.2 Å². The molecule has 0 aliphatic carbocycles. The highest BCUT2D eigenvalue weighted by atomic mass is 35.5. The van der Waals surface area contributed by atoms with Crippen molar-refractivity contribution in [3.63, 3.8) is 0 Å². The number of rotatable bonds is 2. The summed E-state index contributed by atoms with van der Waals surface area (Å²) in [4.78, 5) is 0. The Morgan fingerprint density at radius 1 is 1.22 bits per heavy atom. The summed E-state index contributed by atoms with van der Waals surface area (Å²) in [6.45, 7) is 1.35. The summed E-state index contributed by atoms with van der Waals surface area (Å²) in [6.07, 6.45) is 2.69. The number of halogens is 1. The number of aromatic nitrogens is 3. The van der Waals surface area contributed by atoms with Crippen molar-refractivity contribution in [2.45, 2.75) is 12.3 Å². The summed E-state index contributed by atoms with van der Waals surface area (Å²) in [5.41, 5.74) is 1.62. The summed E-state index contributed by atoms with van der Waals surface area (Å²) in [5.74, 6) is 1.87. The average molecular weight is 266 g/mol. The molecule has 5 nitrogen and oxygen atoms in total. The Bertz CT molecular complexity index is 556. The third-order valence-electron chi connectivity index (χ3n) is 2.67. The number of alkyl halides is 1. The Kier molecular flexibility index (Phi) is 3.06. The fourth-order valence-electron chi connectivity index (χ4n) is 1.78. The molecule has 0 saturated carbocycles. The molecule has 0 atom stereocenters. The smallest absolute Gasteiger partial charge is 0.163 e. The van der Waals surface area contributed by atoms with Gasteiger partial charge in [-0.2, -0.15) is 0 Å². The van der Waals surface area contributed by atoms with Gasteiger partial charge in [-0.3, -0.25) is 0 Å². The van der Waals surface area contributed by atoms with Crippen LogP contribution in [0.2, 0.25) is 0 Å². The molecule has 1 aliphatic heterocycles. The highest BCUT2D eigenvalue weighted by Gasteiger charge is 2.12. The lowest BCUT2D eigenvalue weighted by Crippen LogP contribution is -1.98. The van der Waals surface area contributed by atoms with E-state index in [1.807, 2.05) is 18.2 Å². The van der Waals surface area contributed by atoms with E-state index in [1.54, 1.807) is 10.9 Å². The molecule has 0 unspecified atom stereocenters. The van der Waals surface area contributed by atoms with Crippen LogP contribution in [0.15, 0.2) is 24.4 Å². The zero-order chi connectivity index (χ0) is 12.4. The summed E-state index contributed by atoms with van der Waals surface area (Å²) >= 11 is 5.70. The summed E-state index contributed by atoms with van der Waals surface area (Å²) in [6, 6.07) is 5.70. The monoisotopic (exact) mass is 265 g/mol. The van der Waals surface area contributed by atoms with Crippen molar-refractivity contribution in [2.75, 3.05) is 13.2 Å². The Morgan fingerprint density at radius 3 is 2.83 bits per heavy atom. The third kappa shape index (κ3) is 2.13. The lowest BCUT2D eigenvalue weighted by molar-refractivity contribution is 0.297. The summed E-state index contributed by atoms with van der Waals surface area (Å²) in [7, 11) is 0.